The standard InChI is InChI=1S/C8H7F4NO3S/c9-7-2-5(4-16-17(13,14)15)1-6(3-7)8(10,11)12/h1-3H,4H2,(H2,13,14,15). The first kappa shape index (κ1) is 13.9. The number of alkyl halides is 3. The molecule has 0 heterocycles. The second-order valence-corrected chi connectivity index (χ2v) is 4.32. The lowest BCUT2D eigenvalue weighted by molar-refractivity contribution is -0.137. The number of benzene rings is 1. The molecule has 1 aromatic carbocycles. The third-order valence-corrected chi connectivity index (χ3v) is 2.12. The van der Waals surface area contributed by atoms with Gasteiger partial charge in [-0.15, -0.1) is 0 Å². The van der Waals surface area contributed by atoms with Crippen LogP contribution in [0.25, 0.3) is 0 Å². The first-order chi connectivity index (χ1) is 7.58. The molecule has 0 aromatic heterocycles. The Labute approximate surface area is 94.2 Å². The Morgan fingerprint density at radius 1 is 1.24 bits per heavy atom. The number of rotatable bonds is 3. The van der Waals surface area contributed by atoms with E-state index in [0.717, 1.165) is 6.07 Å². The summed E-state index contributed by atoms with van der Waals surface area (Å²) in [5, 5.41) is 4.48. The molecule has 0 aliphatic rings. The number of nitrogens with two attached hydrogens (primary N) is 1. The van der Waals surface area contributed by atoms with Crippen LogP contribution >= 0.6 is 0 Å². The van der Waals surface area contributed by atoms with Crippen molar-refractivity contribution in [3.63, 3.8) is 0 Å². The highest BCUT2D eigenvalue weighted by atomic mass is 32.2. The molecule has 0 aliphatic heterocycles. The molecule has 4 nitrogen and oxygen atoms in total. The summed E-state index contributed by atoms with van der Waals surface area (Å²) < 4.78 is 74.5. The molecular formula is C8H7F4NO3S. The molecule has 1 aromatic rings. The highest BCUT2D eigenvalue weighted by Crippen LogP contribution is 2.30. The topological polar surface area (TPSA) is 69.4 Å². The van der Waals surface area contributed by atoms with Crippen LogP contribution in [0.3, 0.4) is 0 Å². The van der Waals surface area contributed by atoms with Gasteiger partial charge in [0.2, 0.25) is 0 Å². The summed E-state index contributed by atoms with van der Waals surface area (Å²) >= 11 is 0. The van der Waals surface area contributed by atoms with Crippen LogP contribution < -0.4 is 5.14 Å². The predicted octanol–water partition coefficient (Wildman–Crippen LogP) is 1.56. The average Bonchev–Trinajstić information content (AvgIpc) is 2.11. The fourth-order valence-corrected chi connectivity index (χ4v) is 1.35. The van der Waals surface area contributed by atoms with E-state index < -0.39 is 34.5 Å². The van der Waals surface area contributed by atoms with Crippen LogP contribution in [0.4, 0.5) is 17.6 Å². The van der Waals surface area contributed by atoms with Gasteiger partial charge in [0.15, 0.2) is 0 Å². The van der Waals surface area contributed by atoms with E-state index in [0.29, 0.717) is 12.1 Å². The number of hydrogen-bond acceptors (Lipinski definition) is 3. The number of hydrogen-bond donors (Lipinski definition) is 1. The van der Waals surface area contributed by atoms with Gasteiger partial charge < -0.3 is 0 Å². The smallest absolute Gasteiger partial charge is 0.253 e. The summed E-state index contributed by atoms with van der Waals surface area (Å²) in [5.41, 5.74) is -1.52. The monoisotopic (exact) mass is 273 g/mol. The minimum atomic E-state index is -4.72. The molecule has 1 rings (SSSR count). The van der Waals surface area contributed by atoms with Crippen LogP contribution in [0.1, 0.15) is 11.1 Å². The van der Waals surface area contributed by atoms with Crippen LogP contribution in [0.2, 0.25) is 0 Å². The normalized spacial score (nSPS) is 12.8. The zero-order valence-corrected chi connectivity index (χ0v) is 8.98. The van der Waals surface area contributed by atoms with Crippen molar-refractivity contribution in [2.75, 3.05) is 0 Å². The molecule has 17 heavy (non-hydrogen) atoms. The molecule has 0 amide bonds. The maximum atomic E-state index is 12.8. The first-order valence-corrected chi connectivity index (χ1v) is 5.59. The third-order valence-electron chi connectivity index (χ3n) is 1.67. The summed E-state index contributed by atoms with van der Waals surface area (Å²) in [6.45, 7) is -0.764. The zero-order chi connectivity index (χ0) is 13.3. The lowest BCUT2D eigenvalue weighted by atomic mass is 10.1. The largest absolute Gasteiger partial charge is 0.416 e. The van der Waals surface area contributed by atoms with Gasteiger partial charge in [-0.05, 0) is 23.8 Å². The fourth-order valence-electron chi connectivity index (χ4n) is 1.05. The lowest BCUT2D eigenvalue weighted by Gasteiger charge is -2.09. The zero-order valence-electron chi connectivity index (χ0n) is 8.16. The van der Waals surface area contributed by atoms with Gasteiger partial charge >= 0.3 is 16.5 Å². The van der Waals surface area contributed by atoms with Crippen molar-refractivity contribution in [1.82, 2.24) is 0 Å². The maximum Gasteiger partial charge on any atom is 0.416 e. The van der Waals surface area contributed by atoms with Gasteiger partial charge in [-0.2, -0.15) is 21.6 Å². The molecular weight excluding hydrogens is 266 g/mol. The van der Waals surface area contributed by atoms with E-state index in [2.05, 4.69) is 9.32 Å². The lowest BCUT2D eigenvalue weighted by Crippen LogP contribution is -2.16. The molecule has 0 unspecified atom stereocenters. The van der Waals surface area contributed by atoms with Crippen molar-refractivity contribution in [3.8, 4) is 0 Å². The van der Waals surface area contributed by atoms with E-state index in [9.17, 15) is 26.0 Å². The highest BCUT2D eigenvalue weighted by Gasteiger charge is 2.31. The molecule has 0 spiro atoms. The van der Waals surface area contributed by atoms with E-state index in [1.165, 1.54) is 0 Å². The van der Waals surface area contributed by atoms with Crippen molar-refractivity contribution in [3.05, 3.63) is 35.1 Å². The predicted molar refractivity (Wildman–Crippen MR) is 49.3 cm³/mol. The van der Waals surface area contributed by atoms with Gasteiger partial charge in [-0.1, -0.05) is 0 Å². The Kier molecular flexibility index (Phi) is 3.74. The molecule has 0 bridgehead atoms. The van der Waals surface area contributed by atoms with E-state index >= 15 is 0 Å². The van der Waals surface area contributed by atoms with Crippen molar-refractivity contribution >= 4 is 10.3 Å². The van der Waals surface area contributed by atoms with Gasteiger partial charge in [-0.25, -0.2) is 9.53 Å². The minimum Gasteiger partial charge on any atom is -0.253 e. The summed E-state index contributed by atoms with van der Waals surface area (Å²) in [6.07, 6.45) is -4.72. The van der Waals surface area contributed by atoms with E-state index in [1.54, 1.807) is 0 Å². The molecule has 0 fully saturated rings. The van der Waals surface area contributed by atoms with Crippen molar-refractivity contribution < 1.29 is 30.2 Å². The summed E-state index contributed by atoms with van der Waals surface area (Å²) in [5.74, 6) is -1.15. The first-order valence-electron chi connectivity index (χ1n) is 4.12. The molecule has 0 saturated heterocycles. The van der Waals surface area contributed by atoms with Crippen LogP contribution in [-0.4, -0.2) is 8.42 Å². The minimum absolute atomic E-state index is 0.286. The van der Waals surface area contributed by atoms with Crippen molar-refractivity contribution in [2.24, 2.45) is 5.14 Å². The molecule has 0 radical (unpaired) electrons. The van der Waals surface area contributed by atoms with Crippen LogP contribution in [0.5, 0.6) is 0 Å². The Morgan fingerprint density at radius 3 is 2.29 bits per heavy atom. The third kappa shape index (κ3) is 4.67. The highest BCUT2D eigenvalue weighted by molar-refractivity contribution is 7.84. The van der Waals surface area contributed by atoms with Gasteiger partial charge in [0.25, 0.3) is 0 Å². The molecule has 9 heteroatoms. The SMILES string of the molecule is NS(=O)(=O)OCc1cc(F)cc(C(F)(F)F)c1. The molecule has 2 N–H and O–H groups in total. The number of halogens is 4. The van der Waals surface area contributed by atoms with E-state index in [1.807, 2.05) is 0 Å². The Balaban J connectivity index is 2.98. The van der Waals surface area contributed by atoms with Crippen molar-refractivity contribution in [2.45, 2.75) is 12.8 Å². The summed E-state index contributed by atoms with van der Waals surface area (Å²) in [6, 6.07) is 1.59. The molecule has 0 atom stereocenters. The molecule has 96 valence electrons. The van der Waals surface area contributed by atoms with Crippen LogP contribution in [0.15, 0.2) is 18.2 Å². The fraction of sp³-hybridized carbons (Fsp3) is 0.250. The second-order valence-electron chi connectivity index (χ2n) is 3.10. The van der Waals surface area contributed by atoms with E-state index in [-0.39, 0.29) is 5.56 Å². The van der Waals surface area contributed by atoms with Crippen molar-refractivity contribution in [1.29, 1.82) is 0 Å². The second kappa shape index (κ2) is 4.59. The summed E-state index contributed by atoms with van der Waals surface area (Å²) in [7, 11) is -4.29. The average molecular weight is 273 g/mol. The van der Waals surface area contributed by atoms with Crippen LogP contribution in [-0.2, 0) is 27.3 Å². The van der Waals surface area contributed by atoms with Gasteiger partial charge in [0, 0.05) is 0 Å². The van der Waals surface area contributed by atoms with Gasteiger partial charge in [0.05, 0.1) is 12.2 Å². The Hall–Kier alpha value is -1.19. The van der Waals surface area contributed by atoms with Gasteiger partial charge in [-0.3, -0.25) is 4.18 Å². The Bertz CT molecular complexity index is 512. The molecule has 0 saturated carbocycles. The maximum absolute atomic E-state index is 12.8. The van der Waals surface area contributed by atoms with Gasteiger partial charge in [0.1, 0.15) is 5.82 Å². The molecule has 0 aliphatic carbocycles. The van der Waals surface area contributed by atoms with E-state index in [4.69, 9.17) is 0 Å². The summed E-state index contributed by atoms with van der Waals surface area (Å²) in [4.78, 5) is 0. The van der Waals surface area contributed by atoms with Crippen LogP contribution in [0, 0.1) is 5.82 Å². The quantitative estimate of drug-likeness (QED) is 0.850. The Morgan fingerprint density at radius 2 is 1.82 bits per heavy atom.